The van der Waals surface area contributed by atoms with Crippen molar-refractivity contribution in [3.63, 3.8) is 0 Å². The van der Waals surface area contributed by atoms with Crippen LogP contribution in [-0.2, 0) is 0 Å². The van der Waals surface area contributed by atoms with Crippen molar-refractivity contribution in [1.29, 1.82) is 0 Å². The Kier molecular flexibility index (Phi) is 2.66. The van der Waals surface area contributed by atoms with E-state index in [1.165, 1.54) is 0 Å². The first-order valence-corrected chi connectivity index (χ1v) is 3.69. The number of hydrogen-bond acceptors (Lipinski definition) is 0. The number of hydrogen-bond donors (Lipinski definition) is 1. The van der Waals surface area contributed by atoms with Crippen LogP contribution in [0.3, 0.4) is 0 Å². The Morgan fingerprint density at radius 1 is 1.30 bits per heavy atom. The zero-order valence-electron chi connectivity index (χ0n) is 4.87. The standard InChI is InChI=1S/C6H4Cl3N/c7-5(6(8)9)4-2-1-3-10-4/h1-3,10H. The molecule has 1 aromatic heterocycles. The van der Waals surface area contributed by atoms with Crippen molar-refractivity contribution in [3.05, 3.63) is 28.5 Å². The lowest BCUT2D eigenvalue weighted by atomic mass is 10.4. The summed E-state index contributed by atoms with van der Waals surface area (Å²) in [6.45, 7) is 0. The Hall–Kier alpha value is -0.110. The van der Waals surface area contributed by atoms with E-state index in [0.29, 0.717) is 5.03 Å². The molecule has 0 saturated carbocycles. The van der Waals surface area contributed by atoms with Crippen LogP contribution >= 0.6 is 34.8 Å². The van der Waals surface area contributed by atoms with Gasteiger partial charge in [0.1, 0.15) is 4.49 Å². The second kappa shape index (κ2) is 3.33. The van der Waals surface area contributed by atoms with Crippen LogP contribution < -0.4 is 0 Å². The van der Waals surface area contributed by atoms with Crippen molar-refractivity contribution in [2.75, 3.05) is 0 Å². The normalized spacial score (nSPS) is 9.50. The molecule has 0 radical (unpaired) electrons. The number of aromatic amines is 1. The van der Waals surface area contributed by atoms with E-state index in [1.807, 2.05) is 6.07 Å². The average Bonchev–Trinajstić information content (AvgIpc) is 2.36. The van der Waals surface area contributed by atoms with Crippen LogP contribution in [0, 0.1) is 0 Å². The average molecular weight is 196 g/mol. The molecule has 1 aromatic rings. The number of aromatic nitrogens is 1. The summed E-state index contributed by atoms with van der Waals surface area (Å²) in [5, 5.41) is 0.341. The van der Waals surface area contributed by atoms with Crippen molar-refractivity contribution in [3.8, 4) is 0 Å². The number of rotatable bonds is 1. The van der Waals surface area contributed by atoms with E-state index < -0.39 is 0 Å². The Balaban J connectivity index is 2.99. The maximum atomic E-state index is 5.67. The van der Waals surface area contributed by atoms with E-state index in [2.05, 4.69) is 4.98 Å². The van der Waals surface area contributed by atoms with Crippen molar-refractivity contribution >= 4 is 39.8 Å². The summed E-state index contributed by atoms with van der Waals surface area (Å²) >= 11 is 16.5. The first kappa shape index (κ1) is 7.99. The smallest absolute Gasteiger partial charge is 0.127 e. The van der Waals surface area contributed by atoms with Crippen molar-refractivity contribution < 1.29 is 0 Å². The lowest BCUT2D eigenvalue weighted by Crippen LogP contribution is -1.74. The fraction of sp³-hybridized carbons (Fsp3) is 0. The van der Waals surface area contributed by atoms with Crippen LogP contribution in [0.5, 0.6) is 0 Å². The molecule has 0 aliphatic rings. The second-order valence-corrected chi connectivity index (χ2v) is 2.99. The van der Waals surface area contributed by atoms with Crippen LogP contribution in [0.2, 0.25) is 0 Å². The number of nitrogens with one attached hydrogen (secondary N) is 1. The van der Waals surface area contributed by atoms with E-state index in [9.17, 15) is 0 Å². The van der Waals surface area contributed by atoms with Gasteiger partial charge in [0.25, 0.3) is 0 Å². The minimum atomic E-state index is 0.0733. The molecule has 1 N–H and O–H groups in total. The van der Waals surface area contributed by atoms with Gasteiger partial charge in [-0.3, -0.25) is 0 Å². The minimum Gasteiger partial charge on any atom is -0.360 e. The first-order valence-electron chi connectivity index (χ1n) is 2.56. The molecule has 4 heteroatoms. The summed E-state index contributed by atoms with van der Waals surface area (Å²) in [6, 6.07) is 3.60. The Morgan fingerprint density at radius 3 is 2.40 bits per heavy atom. The third-order valence-electron chi connectivity index (χ3n) is 1.00. The Bertz CT molecular complexity index is 234. The molecule has 54 valence electrons. The van der Waals surface area contributed by atoms with E-state index >= 15 is 0 Å². The monoisotopic (exact) mass is 195 g/mol. The van der Waals surface area contributed by atoms with Gasteiger partial charge in [-0.25, -0.2) is 0 Å². The molecule has 1 rings (SSSR count). The van der Waals surface area contributed by atoms with Crippen molar-refractivity contribution in [1.82, 2.24) is 4.98 Å². The van der Waals surface area contributed by atoms with Crippen LogP contribution in [0.25, 0.3) is 5.03 Å². The third-order valence-corrected chi connectivity index (χ3v) is 1.96. The summed E-state index contributed by atoms with van der Waals surface area (Å²) in [6.07, 6.45) is 1.74. The fourth-order valence-electron chi connectivity index (χ4n) is 0.569. The molecule has 10 heavy (non-hydrogen) atoms. The summed E-state index contributed by atoms with van der Waals surface area (Å²) < 4.78 is 0.0733. The van der Waals surface area contributed by atoms with Crippen molar-refractivity contribution in [2.45, 2.75) is 0 Å². The van der Waals surface area contributed by atoms with Gasteiger partial charge in [-0.2, -0.15) is 0 Å². The first-order chi connectivity index (χ1) is 4.72. The highest BCUT2D eigenvalue weighted by molar-refractivity contribution is 6.66. The summed E-state index contributed by atoms with van der Waals surface area (Å²) in [7, 11) is 0. The lowest BCUT2D eigenvalue weighted by Gasteiger charge is -1.92. The molecule has 0 amide bonds. The van der Waals surface area contributed by atoms with Gasteiger partial charge < -0.3 is 4.98 Å². The minimum absolute atomic E-state index is 0.0733. The van der Waals surface area contributed by atoms with Gasteiger partial charge in [0, 0.05) is 6.20 Å². The predicted octanol–water partition coefficient (Wildman–Crippen LogP) is 3.36. The van der Waals surface area contributed by atoms with Gasteiger partial charge in [0.05, 0.1) is 10.7 Å². The highest BCUT2D eigenvalue weighted by Crippen LogP contribution is 2.26. The summed E-state index contributed by atoms with van der Waals surface area (Å²) in [4.78, 5) is 2.86. The molecule has 0 saturated heterocycles. The zero-order chi connectivity index (χ0) is 7.56. The van der Waals surface area contributed by atoms with Crippen LogP contribution in [0.4, 0.5) is 0 Å². The Morgan fingerprint density at radius 2 is 2.00 bits per heavy atom. The highest BCUT2D eigenvalue weighted by Gasteiger charge is 2.01. The molecular weight excluding hydrogens is 192 g/mol. The maximum Gasteiger partial charge on any atom is 0.127 e. The zero-order valence-corrected chi connectivity index (χ0v) is 7.13. The molecule has 0 aliphatic carbocycles. The molecule has 0 fully saturated rings. The van der Waals surface area contributed by atoms with Gasteiger partial charge in [-0.15, -0.1) is 0 Å². The molecule has 0 bridgehead atoms. The quantitative estimate of drug-likeness (QED) is 0.709. The van der Waals surface area contributed by atoms with Crippen LogP contribution in [0.1, 0.15) is 5.69 Å². The van der Waals surface area contributed by atoms with E-state index in [1.54, 1.807) is 12.3 Å². The molecular formula is C6H4Cl3N. The van der Waals surface area contributed by atoms with Crippen molar-refractivity contribution in [2.24, 2.45) is 0 Å². The van der Waals surface area contributed by atoms with Gasteiger partial charge >= 0.3 is 0 Å². The van der Waals surface area contributed by atoms with Gasteiger partial charge in [-0.05, 0) is 12.1 Å². The van der Waals surface area contributed by atoms with Crippen LogP contribution in [-0.4, -0.2) is 4.98 Å². The molecule has 1 heterocycles. The van der Waals surface area contributed by atoms with Crippen LogP contribution in [0.15, 0.2) is 22.8 Å². The van der Waals surface area contributed by atoms with E-state index in [0.717, 1.165) is 5.69 Å². The molecule has 0 unspecified atom stereocenters. The lowest BCUT2D eigenvalue weighted by molar-refractivity contribution is 1.37. The molecule has 0 atom stereocenters. The predicted molar refractivity (Wildman–Crippen MR) is 45.3 cm³/mol. The summed E-state index contributed by atoms with van der Waals surface area (Å²) in [5.74, 6) is 0. The Labute approximate surface area is 73.6 Å². The molecule has 0 aliphatic heterocycles. The molecule has 0 aromatic carbocycles. The topological polar surface area (TPSA) is 15.8 Å². The van der Waals surface area contributed by atoms with E-state index in [-0.39, 0.29) is 4.49 Å². The van der Waals surface area contributed by atoms with Gasteiger partial charge in [0.2, 0.25) is 0 Å². The fourth-order valence-corrected chi connectivity index (χ4v) is 0.890. The largest absolute Gasteiger partial charge is 0.360 e. The third kappa shape index (κ3) is 1.69. The van der Waals surface area contributed by atoms with Gasteiger partial charge in [-0.1, -0.05) is 34.8 Å². The number of H-pyrrole nitrogens is 1. The highest BCUT2D eigenvalue weighted by atomic mass is 35.5. The van der Waals surface area contributed by atoms with E-state index in [4.69, 9.17) is 34.8 Å². The summed E-state index contributed by atoms with van der Waals surface area (Å²) in [5.41, 5.74) is 0.724. The maximum absolute atomic E-state index is 5.67. The molecule has 1 nitrogen and oxygen atoms in total. The van der Waals surface area contributed by atoms with Gasteiger partial charge in [0.15, 0.2) is 0 Å². The second-order valence-electron chi connectivity index (χ2n) is 1.66. The number of halogens is 3. The SMILES string of the molecule is ClC(Cl)=C(Cl)c1ccc[nH]1. The molecule has 0 spiro atoms.